The van der Waals surface area contributed by atoms with E-state index in [0.717, 1.165) is 41.3 Å². The fraction of sp³-hybridized carbons (Fsp3) is 0.625. The maximum atomic E-state index is 5.91. The van der Waals surface area contributed by atoms with Crippen molar-refractivity contribution in [3.8, 4) is 11.5 Å². The zero-order valence-electron chi connectivity index (χ0n) is 12.8. The summed E-state index contributed by atoms with van der Waals surface area (Å²) in [6, 6.07) is 4.93. The normalized spacial score (nSPS) is 14.2. The van der Waals surface area contributed by atoms with E-state index in [2.05, 4.69) is 39.6 Å². The number of halogens is 1. The number of nitrogens with one attached hydrogen (secondary N) is 1. The molecule has 0 aromatic heterocycles. The SMILES string of the molecule is CCOc1cc(CNC2CC2)cc(Br)c1OCCCSC. The molecule has 0 spiro atoms. The molecule has 0 heterocycles. The zero-order chi connectivity index (χ0) is 15.1. The number of ether oxygens (including phenoxy) is 2. The first-order chi connectivity index (χ1) is 10.2. The molecule has 1 aromatic carbocycles. The first kappa shape index (κ1) is 17.0. The Kier molecular flexibility index (Phi) is 7.20. The molecule has 0 saturated heterocycles. The highest BCUT2D eigenvalue weighted by atomic mass is 79.9. The minimum atomic E-state index is 0.646. The second-order valence-electron chi connectivity index (χ2n) is 5.19. The van der Waals surface area contributed by atoms with Gasteiger partial charge in [0, 0.05) is 12.6 Å². The van der Waals surface area contributed by atoms with Crippen LogP contribution in [-0.4, -0.2) is 31.3 Å². The average Bonchev–Trinajstić information content (AvgIpc) is 3.28. The lowest BCUT2D eigenvalue weighted by Gasteiger charge is -2.15. The Bertz CT molecular complexity index is 452. The third-order valence-corrected chi connectivity index (χ3v) is 4.57. The molecular weight excluding hydrogens is 350 g/mol. The van der Waals surface area contributed by atoms with Crippen molar-refractivity contribution in [2.75, 3.05) is 25.2 Å². The Morgan fingerprint density at radius 1 is 1.33 bits per heavy atom. The molecule has 0 atom stereocenters. The van der Waals surface area contributed by atoms with Crippen molar-refractivity contribution < 1.29 is 9.47 Å². The highest BCUT2D eigenvalue weighted by Crippen LogP contribution is 2.37. The fourth-order valence-electron chi connectivity index (χ4n) is 2.05. The summed E-state index contributed by atoms with van der Waals surface area (Å²) >= 11 is 5.46. The van der Waals surface area contributed by atoms with Gasteiger partial charge in [-0.25, -0.2) is 0 Å². The van der Waals surface area contributed by atoms with Gasteiger partial charge in [-0.05, 0) is 71.8 Å². The van der Waals surface area contributed by atoms with E-state index in [1.54, 1.807) is 0 Å². The van der Waals surface area contributed by atoms with Crippen molar-refractivity contribution in [1.29, 1.82) is 0 Å². The van der Waals surface area contributed by atoms with Crippen LogP contribution in [0.4, 0.5) is 0 Å². The molecule has 0 bridgehead atoms. The standard InChI is InChI=1S/C16H24BrNO2S/c1-3-19-15-10-12(11-18-13-5-6-13)9-14(17)16(15)20-7-4-8-21-2/h9-10,13,18H,3-8,11H2,1-2H3. The molecular formula is C16H24BrNO2S. The van der Waals surface area contributed by atoms with Gasteiger partial charge in [-0.3, -0.25) is 0 Å². The van der Waals surface area contributed by atoms with Crippen molar-refractivity contribution in [3.63, 3.8) is 0 Å². The molecule has 0 radical (unpaired) electrons. The summed E-state index contributed by atoms with van der Waals surface area (Å²) in [5, 5.41) is 3.53. The lowest BCUT2D eigenvalue weighted by Crippen LogP contribution is -2.15. The Balaban J connectivity index is 2.02. The molecule has 1 aliphatic rings. The first-order valence-corrected chi connectivity index (χ1v) is 9.73. The van der Waals surface area contributed by atoms with Gasteiger partial charge >= 0.3 is 0 Å². The van der Waals surface area contributed by atoms with Crippen LogP contribution in [0.3, 0.4) is 0 Å². The number of benzene rings is 1. The third-order valence-electron chi connectivity index (χ3n) is 3.28. The molecule has 3 nitrogen and oxygen atoms in total. The Labute approximate surface area is 140 Å². The fourth-order valence-corrected chi connectivity index (χ4v) is 3.06. The highest BCUT2D eigenvalue weighted by Gasteiger charge is 2.20. The molecule has 0 unspecified atom stereocenters. The quantitative estimate of drug-likeness (QED) is 0.621. The maximum absolute atomic E-state index is 5.91. The van der Waals surface area contributed by atoms with Gasteiger partial charge in [0.1, 0.15) is 0 Å². The van der Waals surface area contributed by atoms with Crippen LogP contribution in [0.5, 0.6) is 11.5 Å². The van der Waals surface area contributed by atoms with Gasteiger partial charge in [-0.2, -0.15) is 11.8 Å². The first-order valence-electron chi connectivity index (χ1n) is 7.55. The van der Waals surface area contributed by atoms with Gasteiger partial charge in [0.05, 0.1) is 17.7 Å². The van der Waals surface area contributed by atoms with E-state index in [1.165, 1.54) is 18.4 Å². The molecule has 1 fully saturated rings. The number of hydrogen-bond acceptors (Lipinski definition) is 4. The Morgan fingerprint density at radius 3 is 2.81 bits per heavy atom. The van der Waals surface area contributed by atoms with Crippen LogP contribution in [0.15, 0.2) is 16.6 Å². The molecule has 1 saturated carbocycles. The summed E-state index contributed by atoms with van der Waals surface area (Å²) in [5.41, 5.74) is 1.23. The number of thioether (sulfide) groups is 1. The predicted octanol–water partition coefficient (Wildman–Crippen LogP) is 4.23. The predicted molar refractivity (Wildman–Crippen MR) is 93.7 cm³/mol. The average molecular weight is 374 g/mol. The maximum Gasteiger partial charge on any atom is 0.175 e. The monoisotopic (exact) mass is 373 g/mol. The Morgan fingerprint density at radius 2 is 2.14 bits per heavy atom. The minimum absolute atomic E-state index is 0.646. The molecule has 21 heavy (non-hydrogen) atoms. The Hall–Kier alpha value is -0.390. The summed E-state index contributed by atoms with van der Waals surface area (Å²) in [4.78, 5) is 0. The topological polar surface area (TPSA) is 30.5 Å². The lowest BCUT2D eigenvalue weighted by molar-refractivity contribution is 0.275. The van der Waals surface area contributed by atoms with Gasteiger partial charge in [0.15, 0.2) is 11.5 Å². The third kappa shape index (κ3) is 5.72. The van der Waals surface area contributed by atoms with Gasteiger partial charge in [-0.15, -0.1) is 0 Å². The van der Waals surface area contributed by atoms with Crippen molar-refractivity contribution in [3.05, 3.63) is 22.2 Å². The van der Waals surface area contributed by atoms with Crippen molar-refractivity contribution in [2.24, 2.45) is 0 Å². The molecule has 2 rings (SSSR count). The second kappa shape index (κ2) is 8.91. The minimum Gasteiger partial charge on any atom is -0.490 e. The zero-order valence-corrected chi connectivity index (χ0v) is 15.2. The van der Waals surface area contributed by atoms with Crippen LogP contribution in [0.2, 0.25) is 0 Å². The van der Waals surface area contributed by atoms with E-state index >= 15 is 0 Å². The van der Waals surface area contributed by atoms with E-state index in [0.29, 0.717) is 12.6 Å². The smallest absolute Gasteiger partial charge is 0.175 e. The van der Waals surface area contributed by atoms with Crippen LogP contribution in [-0.2, 0) is 6.54 Å². The van der Waals surface area contributed by atoms with E-state index in [9.17, 15) is 0 Å². The van der Waals surface area contributed by atoms with Gasteiger partial charge in [0.25, 0.3) is 0 Å². The van der Waals surface area contributed by atoms with E-state index < -0.39 is 0 Å². The van der Waals surface area contributed by atoms with Gasteiger partial charge < -0.3 is 14.8 Å². The molecule has 0 aliphatic heterocycles. The summed E-state index contributed by atoms with van der Waals surface area (Å²) in [7, 11) is 0. The molecule has 5 heteroatoms. The second-order valence-corrected chi connectivity index (χ2v) is 7.03. The molecule has 1 N–H and O–H groups in total. The summed E-state index contributed by atoms with van der Waals surface area (Å²) in [6.07, 6.45) is 5.76. The van der Waals surface area contributed by atoms with Gasteiger partial charge in [-0.1, -0.05) is 0 Å². The van der Waals surface area contributed by atoms with Crippen LogP contribution in [0, 0.1) is 0 Å². The van der Waals surface area contributed by atoms with E-state index in [4.69, 9.17) is 9.47 Å². The van der Waals surface area contributed by atoms with Gasteiger partial charge in [0.2, 0.25) is 0 Å². The summed E-state index contributed by atoms with van der Waals surface area (Å²) in [5.74, 6) is 2.78. The molecule has 0 amide bonds. The van der Waals surface area contributed by atoms with Crippen molar-refractivity contribution in [2.45, 2.75) is 38.8 Å². The van der Waals surface area contributed by atoms with Crippen molar-refractivity contribution in [1.82, 2.24) is 5.32 Å². The molecule has 1 aromatic rings. The van der Waals surface area contributed by atoms with Crippen LogP contribution < -0.4 is 14.8 Å². The lowest BCUT2D eigenvalue weighted by atomic mass is 10.2. The van der Waals surface area contributed by atoms with Crippen LogP contribution in [0.25, 0.3) is 0 Å². The molecule has 1 aliphatic carbocycles. The number of rotatable bonds is 10. The van der Waals surface area contributed by atoms with E-state index in [-0.39, 0.29) is 0 Å². The van der Waals surface area contributed by atoms with Crippen LogP contribution >= 0.6 is 27.7 Å². The van der Waals surface area contributed by atoms with Crippen LogP contribution in [0.1, 0.15) is 31.7 Å². The number of hydrogen-bond donors (Lipinski definition) is 1. The van der Waals surface area contributed by atoms with Crippen molar-refractivity contribution >= 4 is 27.7 Å². The highest BCUT2D eigenvalue weighted by molar-refractivity contribution is 9.10. The van der Waals surface area contributed by atoms with E-state index in [1.807, 2.05) is 18.7 Å². The largest absolute Gasteiger partial charge is 0.490 e. The summed E-state index contributed by atoms with van der Waals surface area (Å²) in [6.45, 7) is 4.25. The summed E-state index contributed by atoms with van der Waals surface area (Å²) < 4.78 is 12.6. The molecule has 118 valence electrons.